The fraction of sp³-hybridized carbons (Fsp3) is 0.350. The molecule has 0 fully saturated rings. The van der Waals surface area contributed by atoms with Crippen molar-refractivity contribution >= 4 is 10.8 Å². The number of hydrogen-bond donors (Lipinski definition) is 0. The molecule has 0 saturated carbocycles. The lowest BCUT2D eigenvalue weighted by Crippen LogP contribution is -2.19. The van der Waals surface area contributed by atoms with Crippen LogP contribution in [0, 0.1) is 0 Å². The molecule has 3 heteroatoms. The van der Waals surface area contributed by atoms with Crippen LogP contribution in [0.5, 0.6) is 0 Å². The van der Waals surface area contributed by atoms with E-state index in [1.54, 1.807) is 0 Å². The Morgan fingerprint density at radius 3 is 2.22 bits per heavy atom. The van der Waals surface area contributed by atoms with E-state index in [0.717, 1.165) is 23.0 Å². The molecule has 3 rings (SSSR count). The van der Waals surface area contributed by atoms with Crippen LogP contribution in [-0.2, 0) is 5.41 Å². The van der Waals surface area contributed by atoms with Crippen molar-refractivity contribution in [3.63, 3.8) is 0 Å². The zero-order valence-corrected chi connectivity index (χ0v) is 14.5. The standard InChI is InChI=1S/C20H23N3/c1-13(2)17-21-18(23-19(22-17)20(3,4)5)16-12-8-10-14-9-6-7-11-15(14)16/h6-13H,1-5H3. The van der Waals surface area contributed by atoms with E-state index in [1.165, 1.54) is 10.8 Å². The summed E-state index contributed by atoms with van der Waals surface area (Å²) < 4.78 is 0. The molecule has 3 aromatic rings. The van der Waals surface area contributed by atoms with E-state index in [0.29, 0.717) is 0 Å². The first-order chi connectivity index (χ1) is 10.9. The third kappa shape index (κ3) is 3.09. The molecule has 1 heterocycles. The van der Waals surface area contributed by atoms with Gasteiger partial charge in [-0.1, -0.05) is 77.1 Å². The van der Waals surface area contributed by atoms with Gasteiger partial charge in [-0.05, 0) is 10.8 Å². The van der Waals surface area contributed by atoms with Gasteiger partial charge in [-0.25, -0.2) is 15.0 Å². The van der Waals surface area contributed by atoms with Gasteiger partial charge in [-0.3, -0.25) is 0 Å². The van der Waals surface area contributed by atoms with E-state index >= 15 is 0 Å². The minimum absolute atomic E-state index is 0.105. The topological polar surface area (TPSA) is 38.7 Å². The Kier molecular flexibility index (Phi) is 3.88. The largest absolute Gasteiger partial charge is 0.217 e. The molecule has 118 valence electrons. The monoisotopic (exact) mass is 305 g/mol. The molecule has 0 amide bonds. The summed E-state index contributed by atoms with van der Waals surface area (Å²) in [6.07, 6.45) is 0. The molecule has 0 atom stereocenters. The molecule has 0 radical (unpaired) electrons. The molecular formula is C20H23N3. The predicted octanol–water partition coefficient (Wildman–Crippen LogP) is 5.11. The van der Waals surface area contributed by atoms with Gasteiger partial charge in [0.25, 0.3) is 0 Å². The summed E-state index contributed by atoms with van der Waals surface area (Å²) in [5, 5.41) is 2.38. The fourth-order valence-corrected chi connectivity index (χ4v) is 2.53. The molecule has 23 heavy (non-hydrogen) atoms. The fourth-order valence-electron chi connectivity index (χ4n) is 2.53. The first-order valence-corrected chi connectivity index (χ1v) is 8.11. The highest BCUT2D eigenvalue weighted by Gasteiger charge is 2.21. The van der Waals surface area contributed by atoms with Crippen LogP contribution in [0.1, 0.15) is 52.2 Å². The predicted molar refractivity (Wildman–Crippen MR) is 95.6 cm³/mol. The Hall–Kier alpha value is -2.29. The zero-order chi connectivity index (χ0) is 16.6. The molecule has 3 nitrogen and oxygen atoms in total. The van der Waals surface area contributed by atoms with E-state index in [-0.39, 0.29) is 11.3 Å². The van der Waals surface area contributed by atoms with Gasteiger partial charge < -0.3 is 0 Å². The Morgan fingerprint density at radius 2 is 1.52 bits per heavy atom. The van der Waals surface area contributed by atoms with Crippen molar-refractivity contribution in [2.45, 2.75) is 46.0 Å². The summed E-state index contributed by atoms with van der Waals surface area (Å²) in [5.41, 5.74) is 0.962. The van der Waals surface area contributed by atoms with Crippen molar-refractivity contribution in [2.75, 3.05) is 0 Å². The van der Waals surface area contributed by atoms with Crippen LogP contribution >= 0.6 is 0 Å². The number of hydrogen-bond acceptors (Lipinski definition) is 3. The summed E-state index contributed by atoms with van der Waals surface area (Å²) in [7, 11) is 0. The molecule has 0 aliphatic carbocycles. The Labute approximate surface area is 137 Å². The number of fused-ring (bicyclic) bond motifs is 1. The highest BCUT2D eigenvalue weighted by Crippen LogP contribution is 2.29. The van der Waals surface area contributed by atoms with Crippen molar-refractivity contribution in [3.8, 4) is 11.4 Å². The van der Waals surface area contributed by atoms with Crippen molar-refractivity contribution in [3.05, 3.63) is 54.1 Å². The van der Waals surface area contributed by atoms with Crippen molar-refractivity contribution in [1.29, 1.82) is 0 Å². The third-order valence-corrected chi connectivity index (χ3v) is 3.87. The van der Waals surface area contributed by atoms with Gasteiger partial charge in [0.2, 0.25) is 0 Å². The van der Waals surface area contributed by atoms with Crippen LogP contribution in [0.3, 0.4) is 0 Å². The smallest absolute Gasteiger partial charge is 0.163 e. The maximum atomic E-state index is 4.79. The minimum Gasteiger partial charge on any atom is -0.217 e. The summed E-state index contributed by atoms with van der Waals surface area (Å²) in [6, 6.07) is 14.6. The van der Waals surface area contributed by atoms with Gasteiger partial charge in [0.05, 0.1) is 0 Å². The quantitative estimate of drug-likeness (QED) is 0.660. The highest BCUT2D eigenvalue weighted by molar-refractivity contribution is 5.94. The first-order valence-electron chi connectivity index (χ1n) is 8.11. The number of rotatable bonds is 2. The summed E-state index contributed by atoms with van der Waals surface area (Å²) >= 11 is 0. The van der Waals surface area contributed by atoms with Gasteiger partial charge in [-0.2, -0.15) is 0 Å². The van der Waals surface area contributed by atoms with E-state index in [9.17, 15) is 0 Å². The SMILES string of the molecule is CC(C)c1nc(-c2cccc3ccccc23)nc(C(C)(C)C)n1. The third-order valence-electron chi connectivity index (χ3n) is 3.87. The zero-order valence-electron chi connectivity index (χ0n) is 14.5. The summed E-state index contributed by atoms with van der Waals surface area (Å²) in [6.45, 7) is 10.7. The van der Waals surface area contributed by atoms with E-state index < -0.39 is 0 Å². The van der Waals surface area contributed by atoms with Gasteiger partial charge in [-0.15, -0.1) is 0 Å². The molecule has 0 aliphatic heterocycles. The molecule has 0 N–H and O–H groups in total. The van der Waals surface area contributed by atoms with Gasteiger partial charge in [0.15, 0.2) is 5.82 Å². The first kappa shape index (κ1) is 15.6. The second-order valence-electron chi connectivity index (χ2n) is 7.27. The molecule has 0 saturated heterocycles. The Morgan fingerprint density at radius 1 is 0.826 bits per heavy atom. The average Bonchev–Trinajstić information content (AvgIpc) is 2.53. The molecule has 0 unspecified atom stereocenters. The lowest BCUT2D eigenvalue weighted by atomic mass is 9.95. The van der Waals surface area contributed by atoms with Crippen molar-refractivity contribution in [1.82, 2.24) is 15.0 Å². The number of nitrogens with zero attached hydrogens (tertiary/aromatic N) is 3. The molecular weight excluding hydrogens is 282 g/mol. The van der Waals surface area contributed by atoms with E-state index in [1.807, 2.05) is 0 Å². The highest BCUT2D eigenvalue weighted by atomic mass is 15.0. The van der Waals surface area contributed by atoms with Gasteiger partial charge in [0, 0.05) is 16.9 Å². The molecule has 0 aliphatic rings. The second kappa shape index (κ2) is 5.73. The van der Waals surface area contributed by atoms with Crippen LogP contribution in [0.2, 0.25) is 0 Å². The Balaban J connectivity index is 2.28. The maximum Gasteiger partial charge on any atom is 0.163 e. The molecule has 1 aromatic heterocycles. The number of aromatic nitrogens is 3. The van der Waals surface area contributed by atoms with Crippen molar-refractivity contribution < 1.29 is 0 Å². The molecule has 0 spiro atoms. The normalized spacial score (nSPS) is 12.1. The Bertz CT molecular complexity index is 840. The maximum absolute atomic E-state index is 4.79. The van der Waals surface area contributed by atoms with Crippen LogP contribution in [0.25, 0.3) is 22.2 Å². The number of benzene rings is 2. The summed E-state index contributed by atoms with van der Waals surface area (Å²) in [4.78, 5) is 14.2. The van der Waals surface area contributed by atoms with Crippen molar-refractivity contribution in [2.24, 2.45) is 0 Å². The average molecular weight is 305 g/mol. The minimum atomic E-state index is -0.105. The van der Waals surface area contributed by atoms with E-state index in [2.05, 4.69) is 82.1 Å². The van der Waals surface area contributed by atoms with Crippen LogP contribution in [-0.4, -0.2) is 15.0 Å². The molecule has 2 aromatic carbocycles. The van der Waals surface area contributed by atoms with Gasteiger partial charge >= 0.3 is 0 Å². The van der Waals surface area contributed by atoms with Crippen LogP contribution in [0.15, 0.2) is 42.5 Å². The lowest BCUT2D eigenvalue weighted by molar-refractivity contribution is 0.533. The molecule has 0 bridgehead atoms. The summed E-state index contributed by atoms with van der Waals surface area (Å²) in [5.74, 6) is 2.74. The lowest BCUT2D eigenvalue weighted by Gasteiger charge is -2.19. The second-order valence-corrected chi connectivity index (χ2v) is 7.27. The van der Waals surface area contributed by atoms with Gasteiger partial charge in [0.1, 0.15) is 11.6 Å². The van der Waals surface area contributed by atoms with E-state index in [4.69, 9.17) is 9.97 Å². The van der Waals surface area contributed by atoms with Crippen LogP contribution in [0.4, 0.5) is 0 Å². The van der Waals surface area contributed by atoms with Crippen LogP contribution < -0.4 is 0 Å².